The Morgan fingerprint density at radius 3 is 2.54 bits per heavy atom. The number of methoxy groups -OCH3 is 1. The van der Waals surface area contributed by atoms with Gasteiger partial charge in [-0.3, -0.25) is 9.98 Å². The normalized spacial score (nSPS) is 11.8. The van der Waals surface area contributed by atoms with Crippen molar-refractivity contribution in [1.82, 2.24) is 20.5 Å². The van der Waals surface area contributed by atoms with Crippen LogP contribution in [0, 0.1) is 0 Å². The van der Waals surface area contributed by atoms with E-state index in [0.717, 1.165) is 30.9 Å². The van der Waals surface area contributed by atoms with Crippen LogP contribution in [0.25, 0.3) is 0 Å². The van der Waals surface area contributed by atoms with Gasteiger partial charge in [-0.15, -0.1) is 0 Å². The number of nitrogens with one attached hydrogen (secondary N) is 2. The SMILES string of the molecule is CN=C(NCCCOC)NCCCN(Cc1cccnc1)C(=O)OC(C)(C)C. The molecule has 158 valence electrons. The van der Waals surface area contributed by atoms with Gasteiger partial charge in [-0.05, 0) is 45.2 Å². The van der Waals surface area contributed by atoms with Crippen LogP contribution in [-0.4, -0.2) is 67.9 Å². The fourth-order valence-corrected chi connectivity index (χ4v) is 2.39. The first-order valence-corrected chi connectivity index (χ1v) is 9.66. The van der Waals surface area contributed by atoms with Crippen LogP contribution in [-0.2, 0) is 16.0 Å². The number of ether oxygens (including phenoxy) is 2. The van der Waals surface area contributed by atoms with E-state index >= 15 is 0 Å². The molecule has 0 aromatic carbocycles. The Labute approximate surface area is 168 Å². The molecule has 28 heavy (non-hydrogen) atoms. The van der Waals surface area contributed by atoms with Crippen molar-refractivity contribution in [2.24, 2.45) is 4.99 Å². The average molecular weight is 394 g/mol. The van der Waals surface area contributed by atoms with Gasteiger partial charge in [0.25, 0.3) is 0 Å². The first kappa shape index (κ1) is 23.7. The maximum Gasteiger partial charge on any atom is 0.410 e. The molecule has 1 aromatic heterocycles. The van der Waals surface area contributed by atoms with Crippen LogP contribution in [0.2, 0.25) is 0 Å². The number of guanidine groups is 1. The molecule has 0 spiro atoms. The van der Waals surface area contributed by atoms with Crippen molar-refractivity contribution in [2.45, 2.75) is 45.8 Å². The molecular formula is C20H35N5O3. The largest absolute Gasteiger partial charge is 0.444 e. The number of amides is 1. The van der Waals surface area contributed by atoms with E-state index in [9.17, 15) is 4.79 Å². The molecule has 0 saturated heterocycles. The zero-order chi connectivity index (χ0) is 20.8. The maximum absolute atomic E-state index is 12.6. The summed E-state index contributed by atoms with van der Waals surface area (Å²) in [6.45, 7) is 8.83. The zero-order valence-corrected chi connectivity index (χ0v) is 17.8. The van der Waals surface area contributed by atoms with Crippen LogP contribution < -0.4 is 10.6 Å². The first-order chi connectivity index (χ1) is 13.4. The zero-order valence-electron chi connectivity index (χ0n) is 17.8. The van der Waals surface area contributed by atoms with Gasteiger partial charge in [0, 0.05) is 52.8 Å². The summed E-state index contributed by atoms with van der Waals surface area (Å²) < 4.78 is 10.6. The molecule has 0 unspecified atom stereocenters. The van der Waals surface area contributed by atoms with Gasteiger partial charge < -0.3 is 25.0 Å². The number of hydrogen-bond acceptors (Lipinski definition) is 5. The number of pyridine rings is 1. The monoisotopic (exact) mass is 393 g/mol. The Kier molecular flexibility index (Phi) is 10.9. The van der Waals surface area contributed by atoms with E-state index in [1.54, 1.807) is 31.5 Å². The molecule has 0 aliphatic heterocycles. The number of nitrogens with zero attached hydrogens (tertiary/aromatic N) is 3. The molecule has 8 heteroatoms. The van der Waals surface area contributed by atoms with Gasteiger partial charge in [0.15, 0.2) is 5.96 Å². The van der Waals surface area contributed by atoms with Gasteiger partial charge >= 0.3 is 6.09 Å². The number of carbonyl (C=O) groups is 1. The summed E-state index contributed by atoms with van der Waals surface area (Å²) in [5.74, 6) is 0.743. The maximum atomic E-state index is 12.6. The average Bonchev–Trinajstić information content (AvgIpc) is 2.65. The molecule has 0 aliphatic carbocycles. The summed E-state index contributed by atoms with van der Waals surface area (Å²) >= 11 is 0. The second-order valence-corrected chi connectivity index (χ2v) is 7.39. The van der Waals surface area contributed by atoms with Crippen molar-refractivity contribution in [3.63, 3.8) is 0 Å². The molecular weight excluding hydrogens is 358 g/mol. The minimum absolute atomic E-state index is 0.321. The molecule has 2 N–H and O–H groups in total. The molecule has 1 aromatic rings. The number of hydrogen-bond donors (Lipinski definition) is 2. The third-order valence-corrected chi connectivity index (χ3v) is 3.69. The standard InChI is InChI=1S/C20H35N5O3/c1-20(2,3)28-19(26)25(16-17-9-6-10-22-15-17)13-7-11-23-18(21-4)24-12-8-14-27-5/h6,9-10,15H,7-8,11-14,16H2,1-5H3,(H2,21,23,24). The van der Waals surface area contributed by atoms with Crippen LogP contribution in [0.3, 0.4) is 0 Å². The van der Waals surface area contributed by atoms with E-state index in [2.05, 4.69) is 20.6 Å². The number of aliphatic imine (C=N–C) groups is 1. The molecule has 1 amide bonds. The van der Waals surface area contributed by atoms with Crippen LogP contribution >= 0.6 is 0 Å². The van der Waals surface area contributed by atoms with Crippen LogP contribution in [0.15, 0.2) is 29.5 Å². The predicted octanol–water partition coefficient (Wildman–Crippen LogP) is 2.41. The molecule has 0 saturated carbocycles. The van der Waals surface area contributed by atoms with E-state index in [-0.39, 0.29) is 6.09 Å². The third kappa shape index (κ3) is 10.7. The third-order valence-electron chi connectivity index (χ3n) is 3.69. The van der Waals surface area contributed by atoms with Gasteiger partial charge in [0.2, 0.25) is 0 Å². The van der Waals surface area contributed by atoms with E-state index in [1.165, 1.54) is 0 Å². The number of rotatable bonds is 10. The summed E-state index contributed by atoms with van der Waals surface area (Å²) in [6, 6.07) is 3.82. The summed E-state index contributed by atoms with van der Waals surface area (Å²) in [5, 5.41) is 6.49. The summed E-state index contributed by atoms with van der Waals surface area (Å²) in [7, 11) is 3.43. The summed E-state index contributed by atoms with van der Waals surface area (Å²) in [4.78, 5) is 22.6. The lowest BCUT2D eigenvalue weighted by molar-refractivity contribution is 0.0232. The van der Waals surface area contributed by atoms with Gasteiger partial charge in [-0.1, -0.05) is 6.07 Å². The Morgan fingerprint density at radius 1 is 1.25 bits per heavy atom. The fourth-order valence-electron chi connectivity index (χ4n) is 2.39. The minimum atomic E-state index is -0.531. The molecule has 0 fully saturated rings. The smallest absolute Gasteiger partial charge is 0.410 e. The second kappa shape index (κ2) is 12.9. The molecule has 0 bridgehead atoms. The van der Waals surface area contributed by atoms with Gasteiger partial charge in [-0.2, -0.15) is 0 Å². The highest BCUT2D eigenvalue weighted by Gasteiger charge is 2.22. The van der Waals surface area contributed by atoms with Crippen LogP contribution in [0.1, 0.15) is 39.2 Å². The van der Waals surface area contributed by atoms with Gasteiger partial charge in [0.1, 0.15) is 5.60 Å². The van der Waals surface area contributed by atoms with Crippen LogP contribution in [0.5, 0.6) is 0 Å². The van der Waals surface area contributed by atoms with Crippen molar-refractivity contribution in [1.29, 1.82) is 0 Å². The summed E-state index contributed by atoms with van der Waals surface area (Å²) in [6.07, 6.45) is 4.84. The van der Waals surface area contributed by atoms with E-state index in [0.29, 0.717) is 26.2 Å². The second-order valence-electron chi connectivity index (χ2n) is 7.39. The van der Waals surface area contributed by atoms with E-state index in [1.807, 2.05) is 32.9 Å². The van der Waals surface area contributed by atoms with E-state index in [4.69, 9.17) is 9.47 Å². The topological polar surface area (TPSA) is 88.1 Å². The van der Waals surface area contributed by atoms with Crippen molar-refractivity contribution in [3.8, 4) is 0 Å². The Morgan fingerprint density at radius 2 is 1.96 bits per heavy atom. The lowest BCUT2D eigenvalue weighted by Gasteiger charge is -2.27. The molecule has 1 rings (SSSR count). The minimum Gasteiger partial charge on any atom is -0.444 e. The molecule has 0 radical (unpaired) electrons. The Hall–Kier alpha value is -2.35. The van der Waals surface area contributed by atoms with Crippen molar-refractivity contribution < 1.29 is 14.3 Å². The molecule has 1 heterocycles. The van der Waals surface area contributed by atoms with Crippen molar-refractivity contribution >= 4 is 12.1 Å². The molecule has 8 nitrogen and oxygen atoms in total. The molecule has 0 aliphatic rings. The van der Waals surface area contributed by atoms with Crippen LogP contribution in [0.4, 0.5) is 4.79 Å². The highest BCUT2D eigenvalue weighted by Crippen LogP contribution is 2.12. The number of carbonyl (C=O) groups excluding carboxylic acids is 1. The number of aromatic nitrogens is 1. The van der Waals surface area contributed by atoms with Crippen molar-refractivity contribution in [2.75, 3.05) is 40.4 Å². The van der Waals surface area contributed by atoms with Crippen molar-refractivity contribution in [3.05, 3.63) is 30.1 Å². The lowest BCUT2D eigenvalue weighted by atomic mass is 10.2. The summed E-state index contributed by atoms with van der Waals surface area (Å²) in [5.41, 5.74) is 0.438. The van der Waals surface area contributed by atoms with Gasteiger partial charge in [0.05, 0.1) is 6.54 Å². The quantitative estimate of drug-likeness (QED) is 0.361. The lowest BCUT2D eigenvalue weighted by Crippen LogP contribution is -2.41. The highest BCUT2D eigenvalue weighted by atomic mass is 16.6. The first-order valence-electron chi connectivity index (χ1n) is 9.66. The fraction of sp³-hybridized carbons (Fsp3) is 0.650. The van der Waals surface area contributed by atoms with E-state index < -0.39 is 5.60 Å². The highest BCUT2D eigenvalue weighted by molar-refractivity contribution is 5.79. The van der Waals surface area contributed by atoms with Gasteiger partial charge in [-0.25, -0.2) is 4.79 Å². The Bertz CT molecular complexity index is 587. The predicted molar refractivity (Wildman–Crippen MR) is 111 cm³/mol. The molecule has 0 atom stereocenters. The Balaban J connectivity index is 2.50.